The van der Waals surface area contributed by atoms with Gasteiger partial charge in [0, 0.05) is 43.7 Å². The van der Waals surface area contributed by atoms with Gasteiger partial charge in [0.15, 0.2) is 0 Å². The van der Waals surface area contributed by atoms with Crippen LogP contribution in [0.2, 0.25) is 0 Å². The van der Waals surface area contributed by atoms with Crippen LogP contribution in [0.25, 0.3) is 159 Å². The number of rotatable bonds is 1. The van der Waals surface area contributed by atoms with Crippen molar-refractivity contribution in [1.29, 1.82) is 0 Å². The minimum absolute atomic E-state index is 0.0183. The van der Waals surface area contributed by atoms with Crippen LogP contribution in [0.5, 0.6) is 0 Å². The zero-order valence-electron chi connectivity index (χ0n) is 37.5. The summed E-state index contributed by atoms with van der Waals surface area (Å²) in [5, 5.41) is 15.8. The quantitative estimate of drug-likeness (QED) is 0.146. The second-order valence-corrected chi connectivity index (χ2v) is 20.2. The fourth-order valence-corrected chi connectivity index (χ4v) is 14.7. The van der Waals surface area contributed by atoms with E-state index in [0.29, 0.717) is 0 Å². The van der Waals surface area contributed by atoms with Gasteiger partial charge in [-0.25, -0.2) is 0 Å². The number of hydrogen-bond donors (Lipinski definition) is 0. The van der Waals surface area contributed by atoms with E-state index in [0.717, 1.165) is 5.69 Å². The zero-order chi connectivity index (χ0) is 44.8. The van der Waals surface area contributed by atoms with Crippen LogP contribution < -0.4 is 16.4 Å². The van der Waals surface area contributed by atoms with E-state index < -0.39 is 0 Å². The first kappa shape index (κ1) is 35.1. The van der Waals surface area contributed by atoms with Gasteiger partial charge in [0.25, 0.3) is 6.71 Å². The second kappa shape index (κ2) is 11.8. The van der Waals surface area contributed by atoms with E-state index in [1.807, 2.05) is 0 Å². The van der Waals surface area contributed by atoms with Crippen molar-refractivity contribution in [2.45, 2.75) is 0 Å². The van der Waals surface area contributed by atoms with Crippen molar-refractivity contribution in [2.75, 3.05) is 0 Å². The van der Waals surface area contributed by atoms with Gasteiger partial charge in [-0.2, -0.15) is 0 Å². The maximum atomic E-state index is 2.69. The Kier molecular flexibility index (Phi) is 5.89. The summed E-state index contributed by atoms with van der Waals surface area (Å²) >= 11 is 0. The normalized spacial score (nSPS) is 13.4. The molecule has 0 bridgehead atoms. The van der Waals surface area contributed by atoms with E-state index in [-0.39, 0.29) is 6.71 Å². The highest BCUT2D eigenvalue weighted by molar-refractivity contribution is 7.00. The molecule has 0 N–H and O–H groups in total. The average Bonchev–Trinajstić information content (AvgIpc) is 4.04. The van der Waals surface area contributed by atoms with Gasteiger partial charge in [0.1, 0.15) is 0 Å². The Balaban J connectivity index is 1.07. The van der Waals surface area contributed by atoms with Crippen LogP contribution >= 0.6 is 0 Å². The molecule has 4 aliphatic rings. The summed E-state index contributed by atoms with van der Waals surface area (Å²) in [6.07, 6.45) is 0. The molecule has 70 heavy (non-hydrogen) atoms. The standard InChI is InChI=1S/C66H34BN3/c1-2-15-39-35(12-1)26-30-53-59(39)48-20-7-8-24-51(48)68(53)38-33-55-64-56(34-38)70-54-31-27-36-13-9-21-44-41-17-4-6-19-43(41)47-28-29-49(65(70)61(47)62(54)57(36)44)67(64)50-32-37-14-10-22-45-40-16-3-5-18-42(40)46-23-11-25-52-60(46)63(58(37)45)66(50)69(52)55/h1-34H. The molecule has 0 amide bonds. The number of para-hydroxylation sites is 1. The summed E-state index contributed by atoms with van der Waals surface area (Å²) in [4.78, 5) is 0. The molecule has 2 aliphatic carbocycles. The summed E-state index contributed by atoms with van der Waals surface area (Å²) < 4.78 is 7.94. The third-order valence-electron chi connectivity index (χ3n) is 17.2. The van der Waals surface area contributed by atoms with Crippen molar-refractivity contribution in [1.82, 2.24) is 13.7 Å². The lowest BCUT2D eigenvalue weighted by Crippen LogP contribution is -2.59. The molecule has 0 saturated carbocycles. The maximum absolute atomic E-state index is 2.69. The third kappa shape index (κ3) is 3.80. The topological polar surface area (TPSA) is 14.8 Å². The van der Waals surface area contributed by atoms with Gasteiger partial charge in [-0.15, -0.1) is 0 Å². The fraction of sp³-hybridized carbons (Fsp3) is 0. The largest absolute Gasteiger partial charge is 0.310 e. The number of hydrogen-bond acceptors (Lipinski definition) is 0. The second-order valence-electron chi connectivity index (χ2n) is 20.2. The number of fused-ring (bicyclic) bond motifs is 17. The van der Waals surface area contributed by atoms with E-state index in [1.54, 1.807) is 0 Å². The van der Waals surface area contributed by atoms with Crippen molar-refractivity contribution in [3.8, 4) is 61.6 Å². The lowest BCUT2D eigenvalue weighted by Gasteiger charge is -2.35. The molecule has 15 aromatic rings. The molecule has 0 saturated heterocycles. The van der Waals surface area contributed by atoms with Gasteiger partial charge in [-0.1, -0.05) is 170 Å². The average molecular weight is 880 g/mol. The number of nitrogens with zero attached hydrogens (tertiary/aromatic N) is 3. The van der Waals surface area contributed by atoms with Gasteiger partial charge < -0.3 is 13.7 Å². The van der Waals surface area contributed by atoms with Crippen LogP contribution in [-0.4, -0.2) is 20.4 Å². The molecule has 3 nitrogen and oxygen atoms in total. The smallest absolute Gasteiger partial charge is 0.252 e. The van der Waals surface area contributed by atoms with E-state index >= 15 is 0 Å². The van der Waals surface area contributed by atoms with Crippen molar-refractivity contribution < 1.29 is 0 Å². The minimum atomic E-state index is -0.0183. The number of benzene rings is 12. The highest BCUT2D eigenvalue weighted by Gasteiger charge is 2.43. The molecular weight excluding hydrogens is 846 g/mol. The van der Waals surface area contributed by atoms with Gasteiger partial charge in [-0.3, -0.25) is 0 Å². The monoisotopic (exact) mass is 879 g/mol. The van der Waals surface area contributed by atoms with Crippen LogP contribution in [0.15, 0.2) is 206 Å². The van der Waals surface area contributed by atoms with E-state index in [1.165, 1.54) is 170 Å². The fourth-order valence-electron chi connectivity index (χ4n) is 14.7. The summed E-state index contributed by atoms with van der Waals surface area (Å²) in [7, 11) is 0. The summed E-state index contributed by atoms with van der Waals surface area (Å²) in [6.45, 7) is -0.0183. The van der Waals surface area contributed by atoms with Crippen molar-refractivity contribution >= 4 is 121 Å². The molecule has 2 aliphatic heterocycles. The predicted octanol–water partition coefficient (Wildman–Crippen LogP) is 14.9. The Labute approximate surface area is 400 Å². The van der Waals surface area contributed by atoms with Gasteiger partial charge in [0.05, 0.1) is 38.8 Å². The maximum Gasteiger partial charge on any atom is 0.252 e. The first-order valence-corrected chi connectivity index (χ1v) is 24.6. The molecule has 4 heteroatoms. The Hall–Kier alpha value is -9.12. The van der Waals surface area contributed by atoms with Gasteiger partial charge >= 0.3 is 0 Å². The highest BCUT2D eigenvalue weighted by Crippen LogP contribution is 2.53. The molecule has 3 aromatic heterocycles. The third-order valence-corrected chi connectivity index (χ3v) is 17.2. The van der Waals surface area contributed by atoms with Crippen LogP contribution in [0, 0.1) is 0 Å². The Morgan fingerprint density at radius 1 is 0.271 bits per heavy atom. The molecule has 0 spiro atoms. The Morgan fingerprint density at radius 2 is 0.786 bits per heavy atom. The van der Waals surface area contributed by atoms with Crippen LogP contribution in [0.3, 0.4) is 0 Å². The first-order valence-electron chi connectivity index (χ1n) is 24.6. The predicted molar refractivity (Wildman–Crippen MR) is 295 cm³/mol. The molecule has 19 rings (SSSR count). The molecule has 5 heterocycles. The minimum Gasteiger partial charge on any atom is -0.310 e. The zero-order valence-corrected chi connectivity index (χ0v) is 37.5. The van der Waals surface area contributed by atoms with Crippen LogP contribution in [0.4, 0.5) is 0 Å². The van der Waals surface area contributed by atoms with Crippen LogP contribution in [-0.2, 0) is 0 Å². The molecule has 316 valence electrons. The molecule has 0 atom stereocenters. The lowest BCUT2D eigenvalue weighted by molar-refractivity contribution is 1.10. The van der Waals surface area contributed by atoms with E-state index in [9.17, 15) is 0 Å². The summed E-state index contributed by atoms with van der Waals surface area (Å²) in [5.41, 5.74) is 25.8. The Bertz CT molecular complexity index is 5080. The summed E-state index contributed by atoms with van der Waals surface area (Å²) in [5.74, 6) is 0. The number of aromatic nitrogens is 3. The lowest BCUT2D eigenvalue weighted by atomic mass is 9.34. The first-order chi connectivity index (χ1) is 34.8. The molecule has 0 fully saturated rings. The van der Waals surface area contributed by atoms with Crippen molar-refractivity contribution in [2.24, 2.45) is 0 Å². The summed E-state index contributed by atoms with van der Waals surface area (Å²) in [6, 6.07) is 79.2. The van der Waals surface area contributed by atoms with Crippen molar-refractivity contribution in [3.05, 3.63) is 206 Å². The van der Waals surface area contributed by atoms with E-state index in [4.69, 9.17) is 0 Å². The Morgan fingerprint density at radius 3 is 1.53 bits per heavy atom. The van der Waals surface area contributed by atoms with Gasteiger partial charge in [-0.05, 0) is 130 Å². The van der Waals surface area contributed by atoms with Crippen LogP contribution in [0.1, 0.15) is 0 Å². The molecule has 0 radical (unpaired) electrons. The van der Waals surface area contributed by atoms with Crippen molar-refractivity contribution in [3.63, 3.8) is 0 Å². The SMILES string of the molecule is c1ccc2c(c1)-c1cccc3ccc4c(c13)c1c-2ccc2c1n4-c1cc(-n3c4ccccc4c4c5ccccc5ccc43)cc3c1B2c1cc2cccc4c2c2c5c(cccc5n-3c12)-c1ccccc1-4. The molecular formula is C66H34BN3. The van der Waals surface area contributed by atoms with Gasteiger partial charge in [0.2, 0.25) is 0 Å². The highest BCUT2D eigenvalue weighted by atomic mass is 15.1. The molecule has 12 aromatic carbocycles. The van der Waals surface area contributed by atoms with E-state index in [2.05, 4.69) is 220 Å². The molecule has 0 unspecified atom stereocenters.